The number of aliphatic hydroxyl groups is 1. The maximum atomic E-state index is 11.5. The molecule has 0 atom stereocenters. The van der Waals surface area contributed by atoms with Gasteiger partial charge in [-0.2, -0.15) is 0 Å². The molecule has 0 spiro atoms. The minimum absolute atomic E-state index is 0.0660. The van der Waals surface area contributed by atoms with Crippen molar-refractivity contribution in [2.24, 2.45) is 0 Å². The lowest BCUT2D eigenvalue weighted by atomic mass is 9.98. The molecule has 1 aromatic heterocycles. The van der Waals surface area contributed by atoms with Crippen molar-refractivity contribution in [1.29, 1.82) is 0 Å². The fraction of sp³-hybridized carbons (Fsp3) is 0.778. The normalized spacial score (nSPS) is 11.4. The Labute approximate surface area is 93.8 Å². The Bertz CT molecular complexity index is 321. The minimum Gasteiger partial charge on any atom is -0.388 e. The van der Waals surface area contributed by atoms with Crippen LogP contribution in [0.5, 0.6) is 0 Å². The topological polar surface area (TPSA) is 92.9 Å². The van der Waals surface area contributed by atoms with Crippen molar-refractivity contribution in [3.8, 4) is 0 Å². The molecule has 0 radical (unpaired) electrons. The first-order valence-corrected chi connectivity index (χ1v) is 5.29. The van der Waals surface area contributed by atoms with Gasteiger partial charge in [0, 0.05) is 6.54 Å². The van der Waals surface area contributed by atoms with Gasteiger partial charge >= 0.3 is 0 Å². The highest BCUT2D eigenvalue weighted by Crippen LogP contribution is 2.12. The summed E-state index contributed by atoms with van der Waals surface area (Å²) < 4.78 is 1.33. The molecule has 0 fully saturated rings. The maximum Gasteiger partial charge on any atom is 0.241 e. The molecule has 1 rings (SSSR count). The summed E-state index contributed by atoms with van der Waals surface area (Å²) in [4.78, 5) is 11.5. The number of carbonyl (C=O) groups is 1. The van der Waals surface area contributed by atoms with Gasteiger partial charge < -0.3 is 10.4 Å². The van der Waals surface area contributed by atoms with E-state index in [1.807, 2.05) is 13.8 Å². The van der Waals surface area contributed by atoms with E-state index in [2.05, 4.69) is 20.8 Å². The van der Waals surface area contributed by atoms with Crippen LogP contribution in [0.1, 0.15) is 26.7 Å². The molecule has 0 aliphatic heterocycles. The molecule has 0 saturated carbocycles. The van der Waals surface area contributed by atoms with Gasteiger partial charge in [0.1, 0.15) is 12.9 Å². The Morgan fingerprint density at radius 1 is 1.50 bits per heavy atom. The number of nitrogens with one attached hydrogen (secondary N) is 1. The average Bonchev–Trinajstić information content (AvgIpc) is 2.79. The SMILES string of the molecule is CCC(O)(CC)CNC(=O)Cn1cnnn1. The molecule has 7 nitrogen and oxygen atoms in total. The summed E-state index contributed by atoms with van der Waals surface area (Å²) in [6, 6.07) is 0. The molecule has 1 amide bonds. The minimum atomic E-state index is -0.823. The molecule has 7 heteroatoms. The molecule has 2 N–H and O–H groups in total. The number of hydrogen-bond donors (Lipinski definition) is 2. The molecule has 1 heterocycles. The second kappa shape index (κ2) is 5.55. The van der Waals surface area contributed by atoms with Gasteiger partial charge in [-0.1, -0.05) is 13.8 Å². The second-order valence-corrected chi connectivity index (χ2v) is 3.72. The molecule has 0 bridgehead atoms. The van der Waals surface area contributed by atoms with E-state index in [0.717, 1.165) is 0 Å². The summed E-state index contributed by atoms with van der Waals surface area (Å²) >= 11 is 0. The Morgan fingerprint density at radius 2 is 2.19 bits per heavy atom. The molecule has 0 unspecified atom stereocenters. The van der Waals surface area contributed by atoms with Gasteiger partial charge in [0.15, 0.2) is 0 Å². The second-order valence-electron chi connectivity index (χ2n) is 3.72. The largest absolute Gasteiger partial charge is 0.388 e. The van der Waals surface area contributed by atoms with Crippen LogP contribution in [0.15, 0.2) is 6.33 Å². The van der Waals surface area contributed by atoms with E-state index in [9.17, 15) is 9.90 Å². The fourth-order valence-electron chi connectivity index (χ4n) is 1.22. The lowest BCUT2D eigenvalue weighted by Gasteiger charge is -2.25. The van der Waals surface area contributed by atoms with Crippen LogP contribution in [0.2, 0.25) is 0 Å². The number of aromatic nitrogens is 4. The summed E-state index contributed by atoms with van der Waals surface area (Å²) in [6.45, 7) is 4.09. The van der Waals surface area contributed by atoms with Crippen molar-refractivity contribution in [3.63, 3.8) is 0 Å². The monoisotopic (exact) mass is 227 g/mol. The van der Waals surface area contributed by atoms with E-state index in [4.69, 9.17) is 0 Å². The first kappa shape index (κ1) is 12.6. The molecule has 0 aliphatic rings. The van der Waals surface area contributed by atoms with Gasteiger partial charge in [-0.25, -0.2) is 4.68 Å². The summed E-state index contributed by atoms with van der Waals surface area (Å²) in [6.07, 6.45) is 2.58. The molecule has 0 aromatic carbocycles. The zero-order valence-corrected chi connectivity index (χ0v) is 9.55. The third-order valence-electron chi connectivity index (χ3n) is 2.63. The molecule has 1 aromatic rings. The Balaban J connectivity index is 2.35. The van der Waals surface area contributed by atoms with Gasteiger partial charge in [0.05, 0.1) is 5.60 Å². The number of rotatable bonds is 6. The molecular formula is C9H17N5O2. The fourth-order valence-corrected chi connectivity index (χ4v) is 1.22. The average molecular weight is 227 g/mol. The maximum absolute atomic E-state index is 11.5. The quantitative estimate of drug-likeness (QED) is 0.673. The lowest BCUT2D eigenvalue weighted by molar-refractivity contribution is -0.123. The summed E-state index contributed by atoms with van der Waals surface area (Å²) in [5.74, 6) is -0.215. The summed E-state index contributed by atoms with van der Waals surface area (Å²) in [5, 5.41) is 23.0. The van der Waals surface area contributed by atoms with Crippen molar-refractivity contribution in [2.75, 3.05) is 6.54 Å². The molecular weight excluding hydrogens is 210 g/mol. The predicted octanol–water partition coefficient (Wildman–Crippen LogP) is -0.660. The Hall–Kier alpha value is -1.50. The van der Waals surface area contributed by atoms with Gasteiger partial charge in [-0.3, -0.25) is 4.79 Å². The van der Waals surface area contributed by atoms with Crippen LogP contribution in [0.3, 0.4) is 0 Å². The predicted molar refractivity (Wildman–Crippen MR) is 56.4 cm³/mol. The van der Waals surface area contributed by atoms with Gasteiger partial charge in [0.25, 0.3) is 0 Å². The van der Waals surface area contributed by atoms with E-state index in [0.29, 0.717) is 12.8 Å². The number of carbonyl (C=O) groups excluding carboxylic acids is 1. The molecule has 90 valence electrons. The van der Waals surface area contributed by atoms with E-state index in [1.54, 1.807) is 0 Å². The highest BCUT2D eigenvalue weighted by Gasteiger charge is 2.22. The van der Waals surface area contributed by atoms with E-state index < -0.39 is 5.60 Å². The zero-order chi connectivity index (χ0) is 12.0. The van der Waals surface area contributed by atoms with Crippen LogP contribution in [-0.2, 0) is 11.3 Å². The van der Waals surface area contributed by atoms with Gasteiger partial charge in [-0.05, 0) is 23.3 Å². The number of nitrogens with zero attached hydrogens (tertiary/aromatic N) is 4. The standard InChI is InChI=1S/C9H17N5O2/c1-3-9(16,4-2)6-10-8(15)5-14-7-11-12-13-14/h7,16H,3-6H2,1-2H3,(H,10,15). The zero-order valence-electron chi connectivity index (χ0n) is 9.55. The third-order valence-corrected chi connectivity index (χ3v) is 2.63. The van der Waals surface area contributed by atoms with E-state index in [1.165, 1.54) is 11.0 Å². The van der Waals surface area contributed by atoms with Crippen molar-refractivity contribution in [3.05, 3.63) is 6.33 Å². The number of hydrogen-bond acceptors (Lipinski definition) is 5. The molecule has 0 saturated heterocycles. The smallest absolute Gasteiger partial charge is 0.241 e. The van der Waals surface area contributed by atoms with Crippen molar-refractivity contribution >= 4 is 5.91 Å². The number of amides is 1. The first-order valence-electron chi connectivity index (χ1n) is 5.29. The highest BCUT2D eigenvalue weighted by molar-refractivity contribution is 5.75. The molecule has 0 aliphatic carbocycles. The highest BCUT2D eigenvalue weighted by atomic mass is 16.3. The van der Waals surface area contributed by atoms with Crippen LogP contribution < -0.4 is 5.32 Å². The van der Waals surface area contributed by atoms with Crippen molar-refractivity contribution in [2.45, 2.75) is 38.8 Å². The van der Waals surface area contributed by atoms with Crippen LogP contribution in [0.25, 0.3) is 0 Å². The van der Waals surface area contributed by atoms with Crippen molar-refractivity contribution in [1.82, 2.24) is 25.5 Å². The van der Waals surface area contributed by atoms with Crippen molar-refractivity contribution < 1.29 is 9.90 Å². The summed E-state index contributed by atoms with van der Waals surface area (Å²) in [5.41, 5.74) is -0.823. The third kappa shape index (κ3) is 3.58. The van der Waals surface area contributed by atoms with Crippen LogP contribution in [0, 0.1) is 0 Å². The van der Waals surface area contributed by atoms with E-state index >= 15 is 0 Å². The Morgan fingerprint density at radius 3 is 2.69 bits per heavy atom. The first-order chi connectivity index (χ1) is 7.59. The Kier molecular flexibility index (Phi) is 4.36. The van der Waals surface area contributed by atoms with Gasteiger partial charge in [-0.15, -0.1) is 5.10 Å². The van der Waals surface area contributed by atoms with Crippen LogP contribution in [0.4, 0.5) is 0 Å². The van der Waals surface area contributed by atoms with E-state index in [-0.39, 0.29) is 19.0 Å². The lowest BCUT2D eigenvalue weighted by Crippen LogP contribution is -2.43. The number of tetrazole rings is 1. The summed E-state index contributed by atoms with van der Waals surface area (Å²) in [7, 11) is 0. The van der Waals surface area contributed by atoms with Crippen LogP contribution in [-0.4, -0.2) is 43.4 Å². The molecule has 16 heavy (non-hydrogen) atoms. The van der Waals surface area contributed by atoms with Gasteiger partial charge in [0.2, 0.25) is 5.91 Å². The van der Waals surface area contributed by atoms with Crippen LogP contribution >= 0.6 is 0 Å².